The molecule has 2 aromatic heterocycles. The van der Waals surface area contributed by atoms with Crippen molar-refractivity contribution < 1.29 is 23.8 Å². The molecular formula is C34H41N3O5. The van der Waals surface area contributed by atoms with Crippen molar-refractivity contribution in [2.75, 3.05) is 12.0 Å². The number of ether oxygens (including phenoxy) is 3. The van der Waals surface area contributed by atoms with Crippen molar-refractivity contribution in [1.29, 1.82) is 0 Å². The predicted molar refractivity (Wildman–Crippen MR) is 166 cm³/mol. The predicted octanol–water partition coefficient (Wildman–Crippen LogP) is 8.36. The van der Waals surface area contributed by atoms with Crippen molar-refractivity contribution in [3.05, 3.63) is 77.2 Å². The summed E-state index contributed by atoms with van der Waals surface area (Å²) in [7, 11) is 1.62. The molecule has 0 saturated heterocycles. The first-order chi connectivity index (χ1) is 19.6. The SMILES string of the molecule is COc1c(C)cnc(CN(C(=O)OC(C)(C)C)c2cc(-c3ccccc3C)c3ccn(C(=O)OC(C)(C)C)c3c2)c1C. The van der Waals surface area contributed by atoms with Crippen LogP contribution in [0.1, 0.15) is 63.9 Å². The van der Waals surface area contributed by atoms with Gasteiger partial charge < -0.3 is 14.2 Å². The van der Waals surface area contributed by atoms with Gasteiger partial charge >= 0.3 is 12.2 Å². The Labute approximate surface area is 248 Å². The van der Waals surface area contributed by atoms with Crippen LogP contribution in [0, 0.1) is 20.8 Å². The summed E-state index contributed by atoms with van der Waals surface area (Å²) in [5.74, 6) is 0.721. The minimum Gasteiger partial charge on any atom is -0.496 e. The highest BCUT2D eigenvalue weighted by Gasteiger charge is 2.28. The van der Waals surface area contributed by atoms with Crippen molar-refractivity contribution >= 4 is 28.8 Å². The highest BCUT2D eigenvalue weighted by molar-refractivity contribution is 6.04. The molecule has 2 heterocycles. The first-order valence-electron chi connectivity index (χ1n) is 14.0. The van der Waals surface area contributed by atoms with E-state index in [9.17, 15) is 9.59 Å². The summed E-state index contributed by atoms with van der Waals surface area (Å²) in [4.78, 5) is 33.4. The Hall–Kier alpha value is -4.33. The standard InChI is InChI=1S/C34H41N3O5/c1-21-13-11-12-14-25(21)27-17-24(18-29-26(27)15-16-36(29)31(38)41-33(4,5)6)37(32(39)42-34(7,8)9)20-28-23(3)30(40-10)22(2)19-35-28/h11-19H,20H2,1-10H3. The molecule has 8 nitrogen and oxygen atoms in total. The lowest BCUT2D eigenvalue weighted by Crippen LogP contribution is -2.37. The van der Waals surface area contributed by atoms with Gasteiger partial charge in [0.15, 0.2) is 0 Å². The summed E-state index contributed by atoms with van der Waals surface area (Å²) in [6, 6.07) is 13.7. The third-order valence-electron chi connectivity index (χ3n) is 6.80. The van der Waals surface area contributed by atoms with Gasteiger partial charge in [0.05, 0.1) is 30.6 Å². The van der Waals surface area contributed by atoms with E-state index in [1.807, 2.05) is 105 Å². The Morgan fingerprint density at radius 3 is 2.17 bits per heavy atom. The number of aryl methyl sites for hydroxylation is 2. The Morgan fingerprint density at radius 2 is 1.55 bits per heavy atom. The molecule has 4 rings (SSSR count). The molecule has 0 radical (unpaired) electrons. The number of amides is 1. The molecule has 2 aromatic carbocycles. The van der Waals surface area contributed by atoms with Crippen molar-refractivity contribution in [3.63, 3.8) is 0 Å². The van der Waals surface area contributed by atoms with E-state index >= 15 is 0 Å². The zero-order valence-corrected chi connectivity index (χ0v) is 26.3. The summed E-state index contributed by atoms with van der Waals surface area (Å²) < 4.78 is 18.7. The maximum Gasteiger partial charge on any atom is 0.418 e. The van der Waals surface area contributed by atoms with Gasteiger partial charge in [-0.1, -0.05) is 24.3 Å². The van der Waals surface area contributed by atoms with E-state index in [0.29, 0.717) is 16.9 Å². The maximum atomic E-state index is 13.8. The molecule has 0 atom stereocenters. The van der Waals surface area contributed by atoms with E-state index in [1.54, 1.807) is 24.4 Å². The van der Waals surface area contributed by atoms with Crippen molar-refractivity contribution in [2.45, 2.75) is 80.1 Å². The smallest absolute Gasteiger partial charge is 0.418 e. The molecule has 42 heavy (non-hydrogen) atoms. The Bertz CT molecular complexity index is 1640. The molecule has 222 valence electrons. The maximum absolute atomic E-state index is 13.8. The van der Waals surface area contributed by atoms with Crippen LogP contribution in [0.5, 0.6) is 5.75 Å². The summed E-state index contributed by atoms with van der Waals surface area (Å²) in [6.07, 6.45) is 2.41. The van der Waals surface area contributed by atoms with Crippen LogP contribution >= 0.6 is 0 Å². The number of methoxy groups -OCH3 is 1. The van der Waals surface area contributed by atoms with Crippen LogP contribution in [0.25, 0.3) is 22.0 Å². The van der Waals surface area contributed by atoms with Crippen LogP contribution in [-0.4, -0.2) is 40.0 Å². The fourth-order valence-corrected chi connectivity index (χ4v) is 4.91. The molecule has 4 aromatic rings. The van der Waals surface area contributed by atoms with E-state index in [2.05, 4.69) is 4.98 Å². The highest BCUT2D eigenvalue weighted by atomic mass is 16.6. The van der Waals surface area contributed by atoms with Crippen LogP contribution in [0.15, 0.2) is 54.9 Å². The zero-order valence-electron chi connectivity index (χ0n) is 26.3. The van der Waals surface area contributed by atoms with Gasteiger partial charge in [-0.05, 0) is 97.2 Å². The number of aromatic nitrogens is 2. The first-order valence-corrected chi connectivity index (χ1v) is 14.0. The van der Waals surface area contributed by atoms with Crippen molar-refractivity contribution in [3.8, 4) is 16.9 Å². The van der Waals surface area contributed by atoms with E-state index in [4.69, 9.17) is 14.2 Å². The summed E-state index contributed by atoms with van der Waals surface area (Å²) in [6.45, 7) is 17.0. The van der Waals surface area contributed by atoms with Crippen LogP contribution < -0.4 is 9.64 Å². The average molecular weight is 572 g/mol. The molecule has 0 aliphatic carbocycles. The van der Waals surface area contributed by atoms with E-state index < -0.39 is 23.4 Å². The van der Waals surface area contributed by atoms with Gasteiger partial charge in [-0.3, -0.25) is 14.5 Å². The number of anilines is 1. The molecule has 0 fully saturated rings. The second-order valence-electron chi connectivity index (χ2n) is 12.5. The van der Waals surface area contributed by atoms with E-state index in [1.165, 1.54) is 4.57 Å². The third kappa shape index (κ3) is 6.59. The second-order valence-corrected chi connectivity index (χ2v) is 12.5. The molecule has 0 spiro atoms. The molecule has 0 unspecified atom stereocenters. The normalized spacial score (nSPS) is 11.9. The monoisotopic (exact) mass is 571 g/mol. The number of rotatable bonds is 5. The zero-order chi connectivity index (χ0) is 31.0. The van der Waals surface area contributed by atoms with Gasteiger partial charge in [-0.15, -0.1) is 0 Å². The molecule has 1 amide bonds. The number of fused-ring (bicyclic) bond motifs is 1. The summed E-state index contributed by atoms with van der Waals surface area (Å²) in [5.41, 5.74) is 5.09. The average Bonchev–Trinajstić information content (AvgIpc) is 3.31. The lowest BCUT2D eigenvalue weighted by molar-refractivity contribution is 0.0542. The lowest BCUT2D eigenvalue weighted by Gasteiger charge is -2.28. The highest BCUT2D eigenvalue weighted by Crippen LogP contribution is 2.37. The van der Waals surface area contributed by atoms with Gasteiger partial charge in [0, 0.05) is 28.9 Å². The van der Waals surface area contributed by atoms with Gasteiger partial charge in [0.2, 0.25) is 0 Å². The van der Waals surface area contributed by atoms with Gasteiger partial charge in [-0.25, -0.2) is 9.59 Å². The minimum atomic E-state index is -0.734. The number of hydrogen-bond acceptors (Lipinski definition) is 6. The number of carbonyl (C=O) groups is 2. The Kier molecular flexibility index (Phi) is 8.39. The van der Waals surface area contributed by atoms with Crippen molar-refractivity contribution in [1.82, 2.24) is 9.55 Å². The van der Waals surface area contributed by atoms with Gasteiger partial charge in [-0.2, -0.15) is 0 Å². The first kappa shape index (κ1) is 30.6. The fraction of sp³-hybridized carbons (Fsp3) is 0.382. The fourth-order valence-electron chi connectivity index (χ4n) is 4.91. The number of nitrogens with zero attached hydrogens (tertiary/aromatic N) is 3. The van der Waals surface area contributed by atoms with Crippen LogP contribution in [0.2, 0.25) is 0 Å². The lowest BCUT2D eigenvalue weighted by atomic mass is 9.96. The number of pyridine rings is 1. The van der Waals surface area contributed by atoms with Crippen molar-refractivity contribution in [2.24, 2.45) is 0 Å². The molecule has 8 heteroatoms. The third-order valence-corrected chi connectivity index (χ3v) is 6.80. The number of carbonyl (C=O) groups excluding carboxylic acids is 2. The quantitative estimate of drug-likeness (QED) is 0.239. The number of benzene rings is 2. The number of hydrogen-bond donors (Lipinski definition) is 0. The van der Waals surface area contributed by atoms with Crippen LogP contribution in [-0.2, 0) is 16.0 Å². The molecule has 0 saturated carbocycles. The van der Waals surface area contributed by atoms with Crippen LogP contribution in [0.4, 0.5) is 15.3 Å². The molecular weight excluding hydrogens is 530 g/mol. The van der Waals surface area contributed by atoms with Gasteiger partial charge in [0.25, 0.3) is 0 Å². The topological polar surface area (TPSA) is 82.9 Å². The van der Waals surface area contributed by atoms with Crippen LogP contribution in [0.3, 0.4) is 0 Å². The van der Waals surface area contributed by atoms with Gasteiger partial charge in [0.1, 0.15) is 17.0 Å². The Morgan fingerprint density at radius 1 is 0.881 bits per heavy atom. The molecule has 0 N–H and O–H groups in total. The molecule has 0 aliphatic rings. The molecule has 0 bridgehead atoms. The summed E-state index contributed by atoms with van der Waals surface area (Å²) >= 11 is 0. The molecule has 0 aliphatic heterocycles. The van der Waals surface area contributed by atoms with E-state index in [-0.39, 0.29) is 6.54 Å². The second kappa shape index (κ2) is 11.5. The Balaban J connectivity index is 1.98. The summed E-state index contributed by atoms with van der Waals surface area (Å²) in [5, 5.41) is 0.856. The minimum absolute atomic E-state index is 0.128. The van der Waals surface area contributed by atoms with E-state index in [0.717, 1.165) is 39.0 Å². The largest absolute Gasteiger partial charge is 0.496 e.